The Labute approximate surface area is 176 Å². The highest BCUT2D eigenvalue weighted by molar-refractivity contribution is 7.17. The van der Waals surface area contributed by atoms with Crippen molar-refractivity contribution in [2.45, 2.75) is 65.1 Å². The molecule has 0 atom stereocenters. The normalized spacial score (nSPS) is 13.8. The van der Waals surface area contributed by atoms with Gasteiger partial charge in [0.2, 0.25) is 5.91 Å². The third-order valence-electron chi connectivity index (χ3n) is 4.89. The second kappa shape index (κ2) is 9.20. The Hall–Kier alpha value is -2.36. The first-order chi connectivity index (χ1) is 14.2. The van der Waals surface area contributed by atoms with Gasteiger partial charge >= 0.3 is 12.1 Å². The van der Waals surface area contributed by atoms with Crippen molar-refractivity contribution in [2.24, 2.45) is 0 Å². The smallest absolute Gasteiger partial charge is 0.435 e. The number of carbonyl (C=O) groups excluding carboxylic acids is 2. The highest BCUT2D eigenvalue weighted by Gasteiger charge is 2.34. The Balaban J connectivity index is 1.71. The monoisotopic (exact) mass is 443 g/mol. The van der Waals surface area contributed by atoms with E-state index in [1.807, 2.05) is 6.92 Å². The van der Waals surface area contributed by atoms with Crippen LogP contribution in [-0.4, -0.2) is 28.3 Å². The van der Waals surface area contributed by atoms with Crippen molar-refractivity contribution in [2.75, 3.05) is 11.9 Å². The molecule has 0 radical (unpaired) electrons. The molecule has 1 aliphatic carbocycles. The third-order valence-corrected chi connectivity index (χ3v) is 6.10. The number of aromatic nitrogens is 2. The summed E-state index contributed by atoms with van der Waals surface area (Å²) in [6.45, 7) is 3.72. The number of nitrogens with one attached hydrogen (secondary N) is 1. The number of rotatable bonds is 7. The number of hydrogen-bond acceptors (Lipinski definition) is 5. The van der Waals surface area contributed by atoms with Crippen LogP contribution in [0.1, 0.15) is 64.8 Å². The van der Waals surface area contributed by atoms with E-state index >= 15 is 0 Å². The number of amides is 1. The lowest BCUT2D eigenvalue weighted by atomic mass is 9.95. The van der Waals surface area contributed by atoms with Crippen LogP contribution in [-0.2, 0) is 35.1 Å². The molecule has 0 saturated carbocycles. The average molecular weight is 443 g/mol. The minimum absolute atomic E-state index is 0.00838. The van der Waals surface area contributed by atoms with Gasteiger partial charge in [0.1, 0.15) is 5.00 Å². The fourth-order valence-corrected chi connectivity index (χ4v) is 4.70. The average Bonchev–Trinajstić information content (AvgIpc) is 3.24. The number of fused-ring (bicyclic) bond motifs is 1. The van der Waals surface area contributed by atoms with Gasteiger partial charge in [-0.1, -0.05) is 6.92 Å². The number of nitrogens with zero attached hydrogens (tertiary/aromatic N) is 2. The largest absolute Gasteiger partial charge is 0.462 e. The van der Waals surface area contributed by atoms with Gasteiger partial charge in [0.25, 0.3) is 0 Å². The van der Waals surface area contributed by atoms with Crippen LogP contribution in [0.15, 0.2) is 6.07 Å². The van der Waals surface area contributed by atoms with Gasteiger partial charge < -0.3 is 10.1 Å². The molecule has 1 amide bonds. The number of esters is 1. The summed E-state index contributed by atoms with van der Waals surface area (Å²) in [6.07, 6.45) is -0.256. The summed E-state index contributed by atoms with van der Waals surface area (Å²) < 4.78 is 44.8. The van der Waals surface area contributed by atoms with Gasteiger partial charge in [0.15, 0.2) is 5.69 Å². The number of hydrogen-bond donors (Lipinski definition) is 1. The molecule has 1 N–H and O–H groups in total. The summed E-state index contributed by atoms with van der Waals surface area (Å²) in [5.74, 6) is -0.828. The molecule has 0 aromatic carbocycles. The van der Waals surface area contributed by atoms with E-state index in [9.17, 15) is 22.8 Å². The van der Waals surface area contributed by atoms with Crippen molar-refractivity contribution in [1.29, 1.82) is 0 Å². The van der Waals surface area contributed by atoms with Crippen LogP contribution >= 0.6 is 11.3 Å². The Morgan fingerprint density at radius 1 is 1.30 bits per heavy atom. The third kappa shape index (κ3) is 5.03. The van der Waals surface area contributed by atoms with Crippen LogP contribution in [0.3, 0.4) is 0 Å². The molecule has 30 heavy (non-hydrogen) atoms. The first-order valence-corrected chi connectivity index (χ1v) is 10.8. The van der Waals surface area contributed by atoms with E-state index in [0.717, 1.165) is 46.9 Å². The number of halogens is 3. The van der Waals surface area contributed by atoms with Gasteiger partial charge in [-0.15, -0.1) is 11.3 Å². The maximum atomic E-state index is 12.8. The molecule has 2 heterocycles. The standard InChI is InChI=1S/C20H24F3N3O3S/c1-3-10-29-19(28)17-13-6-4-5-7-14(13)30-18(17)24-16(27)8-9-26-12(2)11-15(25-26)20(21,22)23/h11H,3-10H2,1-2H3,(H,24,27). The van der Waals surface area contributed by atoms with E-state index in [0.29, 0.717) is 29.3 Å². The van der Waals surface area contributed by atoms with Crippen molar-refractivity contribution in [3.05, 3.63) is 33.5 Å². The first kappa shape index (κ1) is 22.3. The molecular weight excluding hydrogens is 419 g/mol. The van der Waals surface area contributed by atoms with Crippen molar-refractivity contribution >= 4 is 28.2 Å². The zero-order valence-corrected chi connectivity index (χ0v) is 17.7. The zero-order valence-electron chi connectivity index (χ0n) is 16.9. The molecule has 0 fully saturated rings. The zero-order chi connectivity index (χ0) is 21.9. The van der Waals surface area contributed by atoms with Gasteiger partial charge in [0, 0.05) is 23.5 Å². The van der Waals surface area contributed by atoms with Crippen LogP contribution in [0.5, 0.6) is 0 Å². The molecule has 10 heteroatoms. The highest BCUT2D eigenvalue weighted by Crippen LogP contribution is 2.38. The molecule has 0 bridgehead atoms. The number of anilines is 1. The lowest BCUT2D eigenvalue weighted by Gasteiger charge is -2.12. The summed E-state index contributed by atoms with van der Waals surface area (Å²) in [6, 6.07) is 0.951. The van der Waals surface area contributed by atoms with Crippen LogP contribution in [0.4, 0.5) is 18.2 Å². The first-order valence-electron chi connectivity index (χ1n) is 9.93. The molecule has 2 aromatic heterocycles. The molecular formula is C20H24F3N3O3S. The van der Waals surface area contributed by atoms with Gasteiger partial charge in [-0.05, 0) is 50.7 Å². The van der Waals surface area contributed by atoms with Gasteiger partial charge in [-0.3, -0.25) is 9.48 Å². The van der Waals surface area contributed by atoms with Gasteiger partial charge in [-0.25, -0.2) is 4.79 Å². The van der Waals surface area contributed by atoms with Crippen molar-refractivity contribution in [1.82, 2.24) is 9.78 Å². The highest BCUT2D eigenvalue weighted by atomic mass is 32.1. The number of alkyl halides is 3. The van der Waals surface area contributed by atoms with Gasteiger partial charge in [-0.2, -0.15) is 18.3 Å². The molecule has 1 aliphatic rings. The van der Waals surface area contributed by atoms with Crippen molar-refractivity contribution in [3.63, 3.8) is 0 Å². The lowest BCUT2D eigenvalue weighted by Crippen LogP contribution is -2.18. The van der Waals surface area contributed by atoms with E-state index in [-0.39, 0.29) is 18.9 Å². The number of carbonyl (C=O) groups is 2. The molecule has 0 aliphatic heterocycles. The summed E-state index contributed by atoms with van der Waals surface area (Å²) in [7, 11) is 0. The minimum Gasteiger partial charge on any atom is -0.462 e. The molecule has 0 spiro atoms. The lowest BCUT2D eigenvalue weighted by molar-refractivity contribution is -0.141. The molecule has 3 rings (SSSR count). The van der Waals surface area contributed by atoms with E-state index in [1.54, 1.807) is 0 Å². The molecule has 0 saturated heterocycles. The SMILES string of the molecule is CCCOC(=O)c1c(NC(=O)CCn2nc(C(F)(F)F)cc2C)sc2c1CCCC2. The van der Waals surface area contributed by atoms with E-state index in [4.69, 9.17) is 4.74 Å². The fraction of sp³-hybridized carbons (Fsp3) is 0.550. The number of ether oxygens (including phenoxy) is 1. The molecule has 6 nitrogen and oxygen atoms in total. The maximum Gasteiger partial charge on any atom is 0.435 e. The van der Waals surface area contributed by atoms with Crippen LogP contribution < -0.4 is 5.32 Å². The van der Waals surface area contributed by atoms with E-state index in [2.05, 4.69) is 10.4 Å². The molecule has 2 aromatic rings. The van der Waals surface area contributed by atoms with Crippen molar-refractivity contribution in [3.8, 4) is 0 Å². The Morgan fingerprint density at radius 2 is 2.03 bits per heavy atom. The number of thiophene rings is 1. The minimum atomic E-state index is -4.53. The Kier molecular flexibility index (Phi) is 6.84. The summed E-state index contributed by atoms with van der Waals surface area (Å²) in [5.41, 5.74) is 0.712. The summed E-state index contributed by atoms with van der Waals surface area (Å²) in [4.78, 5) is 26.1. The maximum absolute atomic E-state index is 12.8. The Bertz CT molecular complexity index is 934. The number of aryl methyl sites for hydroxylation is 3. The fourth-order valence-electron chi connectivity index (χ4n) is 3.41. The quantitative estimate of drug-likeness (QED) is 0.627. The predicted molar refractivity (Wildman–Crippen MR) is 107 cm³/mol. The summed E-state index contributed by atoms with van der Waals surface area (Å²) in [5, 5.41) is 6.76. The second-order valence-electron chi connectivity index (χ2n) is 7.24. The van der Waals surface area contributed by atoms with E-state index < -0.39 is 17.8 Å². The molecule has 0 unspecified atom stereocenters. The van der Waals surface area contributed by atoms with Gasteiger partial charge in [0.05, 0.1) is 12.2 Å². The molecule has 164 valence electrons. The van der Waals surface area contributed by atoms with Crippen molar-refractivity contribution < 1.29 is 27.5 Å². The summed E-state index contributed by atoms with van der Waals surface area (Å²) >= 11 is 1.38. The second-order valence-corrected chi connectivity index (χ2v) is 8.35. The Morgan fingerprint density at radius 3 is 2.70 bits per heavy atom. The predicted octanol–water partition coefficient (Wildman–Crippen LogP) is 4.75. The van der Waals surface area contributed by atoms with E-state index in [1.165, 1.54) is 18.3 Å². The topological polar surface area (TPSA) is 73.2 Å². The van der Waals surface area contributed by atoms with Crippen LogP contribution in [0.25, 0.3) is 0 Å². The van der Waals surface area contributed by atoms with Crippen LogP contribution in [0, 0.1) is 6.92 Å². The van der Waals surface area contributed by atoms with Crippen LogP contribution in [0.2, 0.25) is 0 Å².